The van der Waals surface area contributed by atoms with Crippen LogP contribution in [0.25, 0.3) is 0 Å². The fourth-order valence-corrected chi connectivity index (χ4v) is 2.87. The molecule has 0 saturated heterocycles. The molecule has 0 bridgehead atoms. The van der Waals surface area contributed by atoms with Crippen LogP contribution in [0.1, 0.15) is 66.2 Å². The number of carboxylic acids is 1. The molecule has 0 aromatic carbocycles. The minimum Gasteiger partial charge on any atom is -0.479 e. The van der Waals surface area contributed by atoms with E-state index in [0.29, 0.717) is 30.8 Å². The van der Waals surface area contributed by atoms with Gasteiger partial charge in [0, 0.05) is 6.61 Å². The van der Waals surface area contributed by atoms with Gasteiger partial charge < -0.3 is 9.84 Å². The van der Waals surface area contributed by atoms with Gasteiger partial charge in [-0.25, -0.2) is 4.79 Å². The zero-order chi connectivity index (χ0) is 13.8. The summed E-state index contributed by atoms with van der Waals surface area (Å²) in [5.41, 5.74) is -0.592. The number of ether oxygens (including phenoxy) is 1. The first kappa shape index (κ1) is 15.5. The number of aliphatic carboxylic acids is 1. The Labute approximate surface area is 111 Å². The van der Waals surface area contributed by atoms with Crippen LogP contribution >= 0.6 is 0 Å². The van der Waals surface area contributed by atoms with Gasteiger partial charge in [-0.05, 0) is 43.4 Å². The number of hydrogen-bond donors (Lipinski definition) is 1. The van der Waals surface area contributed by atoms with E-state index in [-0.39, 0.29) is 0 Å². The van der Waals surface area contributed by atoms with E-state index in [1.807, 2.05) is 6.92 Å². The smallest absolute Gasteiger partial charge is 0.335 e. The van der Waals surface area contributed by atoms with Gasteiger partial charge in [0.25, 0.3) is 0 Å². The van der Waals surface area contributed by atoms with Crippen molar-refractivity contribution in [3.63, 3.8) is 0 Å². The van der Waals surface area contributed by atoms with Crippen molar-refractivity contribution in [3.05, 3.63) is 0 Å². The van der Waals surface area contributed by atoms with Crippen LogP contribution in [0.2, 0.25) is 0 Å². The molecule has 1 rings (SSSR count). The van der Waals surface area contributed by atoms with Crippen LogP contribution in [0, 0.1) is 11.3 Å². The minimum absolute atomic E-state index is 0.315. The maximum atomic E-state index is 11.5. The molecule has 0 unspecified atom stereocenters. The molecule has 1 N–H and O–H groups in total. The van der Waals surface area contributed by atoms with Crippen LogP contribution in [0.15, 0.2) is 0 Å². The molecule has 3 nitrogen and oxygen atoms in total. The maximum absolute atomic E-state index is 11.5. The molecule has 0 aromatic rings. The molecular weight excluding hydrogens is 228 g/mol. The Morgan fingerprint density at radius 3 is 2.28 bits per heavy atom. The van der Waals surface area contributed by atoms with E-state index in [9.17, 15) is 9.90 Å². The largest absolute Gasteiger partial charge is 0.479 e. The Morgan fingerprint density at radius 1 is 1.33 bits per heavy atom. The number of carboxylic acid groups (broad SMARTS) is 1. The molecule has 1 aliphatic carbocycles. The first-order chi connectivity index (χ1) is 8.38. The quantitative estimate of drug-likeness (QED) is 0.785. The third-order valence-corrected chi connectivity index (χ3v) is 4.78. The van der Waals surface area contributed by atoms with Gasteiger partial charge in [-0.1, -0.05) is 34.1 Å². The van der Waals surface area contributed by atoms with E-state index in [2.05, 4.69) is 20.8 Å². The van der Waals surface area contributed by atoms with Gasteiger partial charge in [0.05, 0.1) is 0 Å². The number of hydrogen-bond acceptors (Lipinski definition) is 2. The standard InChI is InChI=1S/C15H28O3/c1-5-11-18-15(13(16)17)9-7-12(8-10-15)14(3,4)6-2/h12H,5-11H2,1-4H3,(H,16,17). The Bertz CT molecular complexity index is 275. The molecule has 106 valence electrons. The molecule has 1 fully saturated rings. The minimum atomic E-state index is -0.906. The van der Waals surface area contributed by atoms with Gasteiger partial charge in [-0.2, -0.15) is 0 Å². The average Bonchev–Trinajstić information content (AvgIpc) is 2.36. The maximum Gasteiger partial charge on any atom is 0.335 e. The summed E-state index contributed by atoms with van der Waals surface area (Å²) >= 11 is 0. The molecule has 0 spiro atoms. The molecule has 0 radical (unpaired) electrons. The second-order valence-corrected chi connectivity index (χ2v) is 6.26. The van der Waals surface area contributed by atoms with Crippen molar-refractivity contribution in [2.24, 2.45) is 11.3 Å². The van der Waals surface area contributed by atoms with Crippen molar-refractivity contribution in [2.45, 2.75) is 71.8 Å². The fraction of sp³-hybridized carbons (Fsp3) is 0.933. The number of rotatable bonds is 6. The van der Waals surface area contributed by atoms with Gasteiger partial charge >= 0.3 is 5.97 Å². The van der Waals surface area contributed by atoms with Crippen molar-refractivity contribution in [1.82, 2.24) is 0 Å². The van der Waals surface area contributed by atoms with Crippen molar-refractivity contribution in [2.75, 3.05) is 6.61 Å². The SMILES string of the molecule is CCCOC1(C(=O)O)CCC(C(C)(C)CC)CC1. The predicted octanol–water partition coefficient (Wildman–Crippen LogP) is 3.86. The molecule has 1 saturated carbocycles. The van der Waals surface area contributed by atoms with E-state index in [4.69, 9.17) is 4.74 Å². The van der Waals surface area contributed by atoms with E-state index in [1.54, 1.807) is 0 Å². The van der Waals surface area contributed by atoms with Gasteiger partial charge in [0.1, 0.15) is 0 Å². The Balaban J connectivity index is 2.66. The highest BCUT2D eigenvalue weighted by atomic mass is 16.5. The second-order valence-electron chi connectivity index (χ2n) is 6.26. The highest BCUT2D eigenvalue weighted by Crippen LogP contribution is 2.44. The zero-order valence-electron chi connectivity index (χ0n) is 12.3. The van der Waals surface area contributed by atoms with Gasteiger partial charge in [-0.15, -0.1) is 0 Å². The average molecular weight is 256 g/mol. The predicted molar refractivity (Wildman–Crippen MR) is 72.6 cm³/mol. The lowest BCUT2D eigenvalue weighted by molar-refractivity contribution is -0.173. The van der Waals surface area contributed by atoms with Crippen molar-refractivity contribution >= 4 is 5.97 Å². The van der Waals surface area contributed by atoms with Crippen molar-refractivity contribution in [3.8, 4) is 0 Å². The van der Waals surface area contributed by atoms with E-state index >= 15 is 0 Å². The Kier molecular flexibility index (Phi) is 5.20. The molecule has 0 heterocycles. The monoisotopic (exact) mass is 256 g/mol. The van der Waals surface area contributed by atoms with Crippen LogP contribution in [0.3, 0.4) is 0 Å². The molecule has 1 aliphatic rings. The van der Waals surface area contributed by atoms with E-state index < -0.39 is 11.6 Å². The summed E-state index contributed by atoms with van der Waals surface area (Å²) in [7, 11) is 0. The Hall–Kier alpha value is -0.570. The summed E-state index contributed by atoms with van der Waals surface area (Å²) in [5, 5.41) is 9.44. The summed E-state index contributed by atoms with van der Waals surface area (Å²) in [5.74, 6) is -0.149. The molecule has 0 aliphatic heterocycles. The fourth-order valence-electron chi connectivity index (χ4n) is 2.87. The summed E-state index contributed by atoms with van der Waals surface area (Å²) < 4.78 is 5.68. The second kappa shape index (κ2) is 6.05. The summed E-state index contributed by atoms with van der Waals surface area (Å²) in [6, 6.07) is 0. The summed E-state index contributed by atoms with van der Waals surface area (Å²) in [6.45, 7) is 9.36. The Morgan fingerprint density at radius 2 is 1.89 bits per heavy atom. The van der Waals surface area contributed by atoms with E-state index in [1.165, 1.54) is 0 Å². The first-order valence-corrected chi connectivity index (χ1v) is 7.25. The lowest BCUT2D eigenvalue weighted by Crippen LogP contribution is -2.46. The van der Waals surface area contributed by atoms with E-state index in [0.717, 1.165) is 25.7 Å². The molecule has 3 heteroatoms. The zero-order valence-corrected chi connectivity index (χ0v) is 12.3. The highest BCUT2D eigenvalue weighted by Gasteiger charge is 2.45. The van der Waals surface area contributed by atoms with Crippen LogP contribution < -0.4 is 0 Å². The molecule has 0 amide bonds. The van der Waals surface area contributed by atoms with Crippen molar-refractivity contribution < 1.29 is 14.6 Å². The summed E-state index contributed by atoms with van der Waals surface area (Å²) in [4.78, 5) is 11.5. The lowest BCUT2D eigenvalue weighted by Gasteiger charge is -2.42. The molecule has 0 aromatic heterocycles. The third-order valence-electron chi connectivity index (χ3n) is 4.78. The van der Waals surface area contributed by atoms with Crippen LogP contribution in [-0.2, 0) is 9.53 Å². The molecule has 18 heavy (non-hydrogen) atoms. The normalized spacial score (nSPS) is 29.2. The van der Waals surface area contributed by atoms with Gasteiger partial charge in [0.2, 0.25) is 0 Å². The van der Waals surface area contributed by atoms with Gasteiger partial charge in [0.15, 0.2) is 5.60 Å². The van der Waals surface area contributed by atoms with Gasteiger partial charge in [-0.3, -0.25) is 0 Å². The first-order valence-electron chi connectivity index (χ1n) is 7.25. The topological polar surface area (TPSA) is 46.5 Å². The lowest BCUT2D eigenvalue weighted by atomic mass is 9.66. The van der Waals surface area contributed by atoms with Crippen LogP contribution in [0.4, 0.5) is 0 Å². The summed E-state index contributed by atoms with van der Waals surface area (Å²) in [6.07, 6.45) is 5.28. The third kappa shape index (κ3) is 3.25. The van der Waals surface area contributed by atoms with Crippen molar-refractivity contribution in [1.29, 1.82) is 0 Å². The highest BCUT2D eigenvalue weighted by molar-refractivity contribution is 5.77. The number of carbonyl (C=O) groups is 1. The van der Waals surface area contributed by atoms with Crippen LogP contribution in [-0.4, -0.2) is 23.3 Å². The van der Waals surface area contributed by atoms with Crippen LogP contribution in [0.5, 0.6) is 0 Å². The molecular formula is C15H28O3. The molecule has 0 atom stereocenters.